The molecule has 0 saturated carbocycles. The number of Topliss-reactive ketones (excluding diaryl/α,β-unsaturated/α-hetero) is 1. The van der Waals surface area contributed by atoms with E-state index in [0.717, 1.165) is 11.3 Å². The molecule has 1 aliphatic heterocycles. The third kappa shape index (κ3) is 4.91. The number of hydrogen-bond acceptors (Lipinski definition) is 6. The molecular formula is C29H29NO6. The van der Waals surface area contributed by atoms with Crippen LogP contribution in [0.3, 0.4) is 0 Å². The molecule has 1 amide bonds. The van der Waals surface area contributed by atoms with E-state index in [9.17, 15) is 14.7 Å². The summed E-state index contributed by atoms with van der Waals surface area (Å²) in [7, 11) is 3.14. The number of carbonyl (C=O) groups excluding carboxylic acids is 2. The third-order valence-corrected chi connectivity index (χ3v) is 6.21. The van der Waals surface area contributed by atoms with Crippen molar-refractivity contribution in [3.63, 3.8) is 0 Å². The number of carbonyl (C=O) groups is 2. The van der Waals surface area contributed by atoms with Crippen molar-refractivity contribution in [2.45, 2.75) is 19.4 Å². The van der Waals surface area contributed by atoms with Gasteiger partial charge in [0.25, 0.3) is 11.7 Å². The highest BCUT2D eigenvalue weighted by Crippen LogP contribution is 2.42. The Balaban J connectivity index is 1.75. The fourth-order valence-corrected chi connectivity index (χ4v) is 4.40. The molecular weight excluding hydrogens is 458 g/mol. The zero-order valence-electron chi connectivity index (χ0n) is 20.6. The second-order valence-corrected chi connectivity index (χ2v) is 8.29. The maximum absolute atomic E-state index is 13.3. The summed E-state index contributed by atoms with van der Waals surface area (Å²) in [5, 5.41) is 11.3. The van der Waals surface area contributed by atoms with Crippen molar-refractivity contribution in [1.82, 2.24) is 4.90 Å². The Kier molecular flexibility index (Phi) is 7.59. The summed E-state index contributed by atoms with van der Waals surface area (Å²) in [4.78, 5) is 28.0. The number of nitrogens with zero attached hydrogens (tertiary/aromatic N) is 1. The molecule has 1 aliphatic rings. The number of hydrogen-bond donors (Lipinski definition) is 1. The summed E-state index contributed by atoms with van der Waals surface area (Å²) in [6.45, 7) is 2.67. The highest BCUT2D eigenvalue weighted by atomic mass is 16.5. The number of aliphatic hydroxyl groups excluding tert-OH is 1. The monoisotopic (exact) mass is 487 g/mol. The number of amides is 1. The van der Waals surface area contributed by atoms with E-state index in [1.165, 1.54) is 12.0 Å². The lowest BCUT2D eigenvalue weighted by Crippen LogP contribution is -2.31. The van der Waals surface area contributed by atoms with Crippen LogP contribution >= 0.6 is 0 Å². The van der Waals surface area contributed by atoms with Crippen LogP contribution in [-0.4, -0.2) is 49.1 Å². The van der Waals surface area contributed by atoms with Crippen LogP contribution in [0.15, 0.2) is 78.4 Å². The molecule has 1 saturated heterocycles. The topological polar surface area (TPSA) is 85.3 Å². The van der Waals surface area contributed by atoms with Crippen LogP contribution in [0.4, 0.5) is 0 Å². The lowest BCUT2D eigenvalue weighted by Gasteiger charge is -2.26. The molecule has 1 heterocycles. The summed E-state index contributed by atoms with van der Waals surface area (Å²) in [6.07, 6.45) is 0.520. The number of ketones is 1. The molecule has 1 fully saturated rings. The Morgan fingerprint density at radius 1 is 0.889 bits per heavy atom. The Labute approximate surface area is 210 Å². The van der Waals surface area contributed by atoms with Gasteiger partial charge in [-0.3, -0.25) is 9.59 Å². The molecule has 1 unspecified atom stereocenters. The smallest absolute Gasteiger partial charge is 0.295 e. The first-order valence-electron chi connectivity index (χ1n) is 11.8. The first kappa shape index (κ1) is 24.9. The predicted molar refractivity (Wildman–Crippen MR) is 136 cm³/mol. The third-order valence-electron chi connectivity index (χ3n) is 6.21. The van der Waals surface area contributed by atoms with Crippen molar-refractivity contribution in [3.05, 3.63) is 95.1 Å². The molecule has 7 nitrogen and oxygen atoms in total. The molecule has 1 atom stereocenters. The minimum Gasteiger partial charge on any atom is -0.507 e. The number of aliphatic hydroxyl groups is 1. The van der Waals surface area contributed by atoms with E-state index >= 15 is 0 Å². The molecule has 7 heteroatoms. The van der Waals surface area contributed by atoms with Gasteiger partial charge < -0.3 is 24.2 Å². The molecule has 0 aromatic heterocycles. The SMILES string of the molecule is CCOc1ccc(/C(O)=C2/C(=O)C(=O)N(CCc3ccc(OC)cc3)C2c2ccccc2OC)cc1. The molecule has 3 aromatic rings. The van der Waals surface area contributed by atoms with Gasteiger partial charge in [-0.2, -0.15) is 0 Å². The van der Waals surface area contributed by atoms with Crippen LogP contribution in [0.1, 0.15) is 29.7 Å². The van der Waals surface area contributed by atoms with Crippen molar-refractivity contribution in [2.24, 2.45) is 0 Å². The normalized spacial score (nSPS) is 16.8. The quantitative estimate of drug-likeness (QED) is 0.266. The molecule has 3 aromatic carbocycles. The first-order valence-corrected chi connectivity index (χ1v) is 11.8. The Morgan fingerprint density at radius 3 is 2.19 bits per heavy atom. The fourth-order valence-electron chi connectivity index (χ4n) is 4.40. The average molecular weight is 488 g/mol. The highest BCUT2D eigenvalue weighted by molar-refractivity contribution is 6.46. The first-order chi connectivity index (χ1) is 17.5. The van der Waals surface area contributed by atoms with Gasteiger partial charge in [0, 0.05) is 17.7 Å². The van der Waals surface area contributed by atoms with Crippen molar-refractivity contribution < 1.29 is 28.9 Å². The van der Waals surface area contributed by atoms with Crippen LogP contribution in [0.2, 0.25) is 0 Å². The molecule has 0 spiro atoms. The Morgan fingerprint density at radius 2 is 1.56 bits per heavy atom. The summed E-state index contributed by atoms with van der Waals surface area (Å²) in [5.74, 6) is 0.286. The summed E-state index contributed by atoms with van der Waals surface area (Å²) in [6, 6.07) is 20.8. The van der Waals surface area contributed by atoms with Crippen LogP contribution < -0.4 is 14.2 Å². The molecule has 0 radical (unpaired) electrons. The largest absolute Gasteiger partial charge is 0.507 e. The van der Waals surface area contributed by atoms with Gasteiger partial charge in [-0.05, 0) is 61.4 Å². The number of likely N-dealkylation sites (tertiary alicyclic amines) is 1. The molecule has 0 aliphatic carbocycles. The van der Waals surface area contributed by atoms with Gasteiger partial charge >= 0.3 is 0 Å². The maximum Gasteiger partial charge on any atom is 0.295 e. The van der Waals surface area contributed by atoms with E-state index in [1.807, 2.05) is 43.3 Å². The van der Waals surface area contributed by atoms with Gasteiger partial charge in [-0.1, -0.05) is 30.3 Å². The zero-order valence-corrected chi connectivity index (χ0v) is 20.6. The van der Waals surface area contributed by atoms with Gasteiger partial charge in [0.15, 0.2) is 0 Å². The van der Waals surface area contributed by atoms with E-state index in [2.05, 4.69) is 0 Å². The van der Waals surface area contributed by atoms with Crippen molar-refractivity contribution in [3.8, 4) is 17.2 Å². The standard InChI is InChI=1S/C29H29NO6/c1-4-36-22-15-11-20(12-16-22)27(31)25-26(23-7-5-6-8-24(23)35-3)30(29(33)28(25)32)18-17-19-9-13-21(34-2)14-10-19/h5-16,26,31H,4,17-18H2,1-3H3/b27-25-. The molecule has 4 rings (SSSR count). The minimum absolute atomic E-state index is 0.0309. The average Bonchev–Trinajstić information content (AvgIpc) is 3.17. The Hall–Kier alpha value is -4.26. The number of rotatable bonds is 9. The van der Waals surface area contributed by atoms with Crippen LogP contribution in [-0.2, 0) is 16.0 Å². The van der Waals surface area contributed by atoms with Gasteiger partial charge in [-0.15, -0.1) is 0 Å². The van der Waals surface area contributed by atoms with E-state index in [4.69, 9.17) is 14.2 Å². The zero-order chi connectivity index (χ0) is 25.7. The molecule has 1 N–H and O–H groups in total. The molecule has 0 bridgehead atoms. The summed E-state index contributed by atoms with van der Waals surface area (Å²) in [5.41, 5.74) is 2.07. The van der Waals surface area contributed by atoms with Gasteiger partial charge in [0.2, 0.25) is 0 Å². The summed E-state index contributed by atoms with van der Waals surface area (Å²) >= 11 is 0. The second kappa shape index (κ2) is 11.0. The van der Waals surface area contributed by atoms with Crippen LogP contribution in [0, 0.1) is 0 Å². The van der Waals surface area contributed by atoms with Gasteiger partial charge in [0.05, 0.1) is 32.4 Å². The number of para-hydroxylation sites is 1. The van der Waals surface area contributed by atoms with E-state index in [-0.39, 0.29) is 17.9 Å². The lowest BCUT2D eigenvalue weighted by atomic mass is 9.94. The van der Waals surface area contributed by atoms with E-state index in [1.54, 1.807) is 43.5 Å². The van der Waals surface area contributed by atoms with E-state index in [0.29, 0.717) is 35.7 Å². The number of benzene rings is 3. The number of ether oxygens (including phenoxy) is 3. The van der Waals surface area contributed by atoms with Crippen molar-refractivity contribution in [1.29, 1.82) is 0 Å². The summed E-state index contributed by atoms with van der Waals surface area (Å²) < 4.78 is 16.3. The maximum atomic E-state index is 13.3. The van der Waals surface area contributed by atoms with Crippen LogP contribution in [0.5, 0.6) is 17.2 Å². The predicted octanol–water partition coefficient (Wildman–Crippen LogP) is 4.77. The van der Waals surface area contributed by atoms with Crippen molar-refractivity contribution >= 4 is 17.4 Å². The lowest BCUT2D eigenvalue weighted by molar-refractivity contribution is -0.139. The second-order valence-electron chi connectivity index (χ2n) is 8.29. The van der Waals surface area contributed by atoms with Gasteiger partial charge in [0.1, 0.15) is 23.0 Å². The molecule has 36 heavy (non-hydrogen) atoms. The number of methoxy groups -OCH3 is 2. The highest BCUT2D eigenvalue weighted by Gasteiger charge is 2.46. The minimum atomic E-state index is -0.800. The fraction of sp³-hybridized carbons (Fsp3) is 0.241. The van der Waals surface area contributed by atoms with Crippen LogP contribution in [0.25, 0.3) is 5.76 Å². The van der Waals surface area contributed by atoms with Crippen molar-refractivity contribution in [2.75, 3.05) is 27.4 Å². The Bertz CT molecular complexity index is 1260. The molecule has 186 valence electrons. The van der Waals surface area contributed by atoms with Gasteiger partial charge in [-0.25, -0.2) is 0 Å². The van der Waals surface area contributed by atoms with E-state index < -0.39 is 17.7 Å².